The van der Waals surface area contributed by atoms with E-state index >= 15 is 0 Å². The van der Waals surface area contributed by atoms with Crippen LogP contribution in [0.1, 0.15) is 12.0 Å². The SMILES string of the molecule is COc1ccc(CCC(=O)Nc2ccccc2Oc2ccccc2)cc1OC. The highest BCUT2D eigenvalue weighted by Gasteiger charge is 2.10. The van der Waals surface area contributed by atoms with Crippen LogP contribution in [-0.4, -0.2) is 20.1 Å². The summed E-state index contributed by atoms with van der Waals surface area (Å²) in [5.74, 6) is 2.56. The summed E-state index contributed by atoms with van der Waals surface area (Å²) in [6, 6.07) is 22.5. The number of methoxy groups -OCH3 is 2. The number of amides is 1. The van der Waals surface area contributed by atoms with Crippen molar-refractivity contribution in [3.05, 3.63) is 78.4 Å². The summed E-state index contributed by atoms with van der Waals surface area (Å²) in [5.41, 5.74) is 1.64. The van der Waals surface area contributed by atoms with Gasteiger partial charge in [0, 0.05) is 6.42 Å². The van der Waals surface area contributed by atoms with Crippen molar-refractivity contribution in [3.8, 4) is 23.0 Å². The Balaban J connectivity index is 1.62. The zero-order valence-electron chi connectivity index (χ0n) is 16.0. The standard InChI is InChI=1S/C23H23NO4/c1-26-21-14-12-17(16-22(21)27-2)13-15-23(25)24-19-10-6-7-11-20(19)28-18-8-4-3-5-9-18/h3-12,14,16H,13,15H2,1-2H3,(H,24,25). The lowest BCUT2D eigenvalue weighted by molar-refractivity contribution is -0.116. The van der Waals surface area contributed by atoms with Gasteiger partial charge in [0.05, 0.1) is 19.9 Å². The molecule has 5 nitrogen and oxygen atoms in total. The molecule has 1 N–H and O–H groups in total. The molecule has 3 aromatic carbocycles. The third kappa shape index (κ3) is 5.04. The highest BCUT2D eigenvalue weighted by Crippen LogP contribution is 2.30. The van der Waals surface area contributed by atoms with Crippen LogP contribution in [0.4, 0.5) is 5.69 Å². The molecule has 0 unspecified atom stereocenters. The van der Waals surface area contributed by atoms with Gasteiger partial charge in [-0.1, -0.05) is 36.4 Å². The lowest BCUT2D eigenvalue weighted by atomic mass is 10.1. The number of carbonyl (C=O) groups is 1. The molecule has 0 heterocycles. The lowest BCUT2D eigenvalue weighted by Gasteiger charge is -2.12. The maximum Gasteiger partial charge on any atom is 0.224 e. The number of hydrogen-bond acceptors (Lipinski definition) is 4. The van der Waals surface area contributed by atoms with Crippen molar-refractivity contribution in [1.29, 1.82) is 0 Å². The predicted octanol–water partition coefficient (Wildman–Crippen LogP) is 5.07. The first-order chi connectivity index (χ1) is 13.7. The molecule has 0 fully saturated rings. The smallest absolute Gasteiger partial charge is 0.224 e. The summed E-state index contributed by atoms with van der Waals surface area (Å²) in [6.07, 6.45) is 0.934. The van der Waals surface area contributed by atoms with E-state index in [4.69, 9.17) is 14.2 Å². The fraction of sp³-hybridized carbons (Fsp3) is 0.174. The minimum absolute atomic E-state index is 0.0844. The molecule has 1 amide bonds. The first kappa shape index (κ1) is 19.3. The van der Waals surface area contributed by atoms with E-state index in [-0.39, 0.29) is 5.91 Å². The van der Waals surface area contributed by atoms with Crippen molar-refractivity contribution >= 4 is 11.6 Å². The van der Waals surface area contributed by atoms with Crippen LogP contribution in [0.25, 0.3) is 0 Å². The molecule has 0 atom stereocenters. The predicted molar refractivity (Wildman–Crippen MR) is 109 cm³/mol. The first-order valence-electron chi connectivity index (χ1n) is 9.02. The molecule has 3 aromatic rings. The fourth-order valence-electron chi connectivity index (χ4n) is 2.78. The Morgan fingerprint density at radius 2 is 1.54 bits per heavy atom. The maximum atomic E-state index is 12.4. The highest BCUT2D eigenvalue weighted by atomic mass is 16.5. The van der Waals surface area contributed by atoms with Crippen molar-refractivity contribution in [3.63, 3.8) is 0 Å². The summed E-state index contributed by atoms with van der Waals surface area (Å²) >= 11 is 0. The summed E-state index contributed by atoms with van der Waals surface area (Å²) in [6.45, 7) is 0. The summed E-state index contributed by atoms with van der Waals surface area (Å²) < 4.78 is 16.4. The Kier molecular flexibility index (Phi) is 6.52. The molecule has 144 valence electrons. The van der Waals surface area contributed by atoms with Crippen LogP contribution in [0.5, 0.6) is 23.0 Å². The maximum absolute atomic E-state index is 12.4. The Morgan fingerprint density at radius 3 is 2.29 bits per heavy atom. The monoisotopic (exact) mass is 377 g/mol. The molecule has 0 aliphatic carbocycles. The quantitative estimate of drug-likeness (QED) is 0.596. The van der Waals surface area contributed by atoms with Crippen LogP contribution in [0.3, 0.4) is 0 Å². The van der Waals surface area contributed by atoms with Gasteiger partial charge in [-0.05, 0) is 48.4 Å². The van der Waals surface area contributed by atoms with E-state index in [1.165, 1.54) is 0 Å². The van der Waals surface area contributed by atoms with Crippen molar-refractivity contribution in [2.75, 3.05) is 19.5 Å². The molecular weight excluding hydrogens is 354 g/mol. The number of para-hydroxylation sites is 3. The third-order valence-corrected chi connectivity index (χ3v) is 4.22. The minimum Gasteiger partial charge on any atom is -0.493 e. The number of rotatable bonds is 8. The minimum atomic E-state index is -0.0844. The molecule has 0 aliphatic heterocycles. The Labute approximate surface area is 164 Å². The van der Waals surface area contributed by atoms with E-state index in [2.05, 4.69) is 5.32 Å². The molecule has 0 saturated heterocycles. The molecular formula is C23H23NO4. The van der Waals surface area contributed by atoms with Gasteiger partial charge in [-0.15, -0.1) is 0 Å². The molecule has 0 aromatic heterocycles. The van der Waals surface area contributed by atoms with Gasteiger partial charge in [0.15, 0.2) is 17.2 Å². The summed E-state index contributed by atoms with van der Waals surface area (Å²) in [5, 5.41) is 2.93. The van der Waals surface area contributed by atoms with Crippen LogP contribution in [-0.2, 0) is 11.2 Å². The number of benzene rings is 3. The van der Waals surface area contributed by atoms with Crippen LogP contribution < -0.4 is 19.5 Å². The Morgan fingerprint density at radius 1 is 0.821 bits per heavy atom. The van der Waals surface area contributed by atoms with Crippen molar-refractivity contribution in [2.24, 2.45) is 0 Å². The van der Waals surface area contributed by atoms with E-state index in [0.717, 1.165) is 11.3 Å². The molecule has 0 saturated carbocycles. The van der Waals surface area contributed by atoms with Crippen molar-refractivity contribution in [1.82, 2.24) is 0 Å². The van der Waals surface area contributed by atoms with Gasteiger partial charge in [-0.2, -0.15) is 0 Å². The third-order valence-electron chi connectivity index (χ3n) is 4.22. The van der Waals surface area contributed by atoms with E-state index in [0.29, 0.717) is 35.8 Å². The second kappa shape index (κ2) is 9.46. The first-order valence-corrected chi connectivity index (χ1v) is 9.02. The van der Waals surface area contributed by atoms with Crippen LogP contribution in [0.2, 0.25) is 0 Å². The Bertz CT molecular complexity index is 925. The van der Waals surface area contributed by atoms with Gasteiger partial charge >= 0.3 is 0 Å². The lowest BCUT2D eigenvalue weighted by Crippen LogP contribution is -2.13. The van der Waals surface area contributed by atoms with Gasteiger partial charge in [-0.3, -0.25) is 4.79 Å². The molecule has 0 aliphatic rings. The fourth-order valence-corrected chi connectivity index (χ4v) is 2.78. The van der Waals surface area contributed by atoms with Gasteiger partial charge in [0.25, 0.3) is 0 Å². The van der Waals surface area contributed by atoms with Gasteiger partial charge in [0.2, 0.25) is 5.91 Å². The summed E-state index contributed by atoms with van der Waals surface area (Å²) in [4.78, 5) is 12.4. The van der Waals surface area contributed by atoms with Gasteiger partial charge in [-0.25, -0.2) is 0 Å². The van der Waals surface area contributed by atoms with E-state index < -0.39 is 0 Å². The van der Waals surface area contributed by atoms with E-state index in [1.807, 2.05) is 72.8 Å². The molecule has 0 spiro atoms. The Hall–Kier alpha value is -3.47. The second-order valence-electron chi connectivity index (χ2n) is 6.15. The highest BCUT2D eigenvalue weighted by molar-refractivity contribution is 5.92. The largest absolute Gasteiger partial charge is 0.493 e. The molecule has 0 radical (unpaired) electrons. The van der Waals surface area contributed by atoms with Crippen molar-refractivity contribution in [2.45, 2.75) is 12.8 Å². The average molecular weight is 377 g/mol. The number of hydrogen-bond donors (Lipinski definition) is 1. The van der Waals surface area contributed by atoms with Crippen LogP contribution >= 0.6 is 0 Å². The second-order valence-corrected chi connectivity index (χ2v) is 6.15. The van der Waals surface area contributed by atoms with Crippen LogP contribution in [0, 0.1) is 0 Å². The normalized spacial score (nSPS) is 10.2. The molecule has 3 rings (SSSR count). The van der Waals surface area contributed by atoms with E-state index in [1.54, 1.807) is 14.2 Å². The zero-order valence-corrected chi connectivity index (χ0v) is 16.0. The number of aryl methyl sites for hydroxylation is 1. The van der Waals surface area contributed by atoms with Gasteiger partial charge < -0.3 is 19.5 Å². The molecule has 5 heteroatoms. The number of nitrogens with one attached hydrogen (secondary N) is 1. The number of ether oxygens (including phenoxy) is 3. The molecule has 28 heavy (non-hydrogen) atoms. The van der Waals surface area contributed by atoms with Gasteiger partial charge in [0.1, 0.15) is 5.75 Å². The average Bonchev–Trinajstić information content (AvgIpc) is 2.74. The number of anilines is 1. The zero-order chi connectivity index (χ0) is 19.8. The molecule has 0 bridgehead atoms. The summed E-state index contributed by atoms with van der Waals surface area (Å²) in [7, 11) is 3.19. The van der Waals surface area contributed by atoms with Crippen molar-refractivity contribution < 1.29 is 19.0 Å². The number of carbonyl (C=O) groups excluding carboxylic acids is 1. The van der Waals surface area contributed by atoms with Crippen LogP contribution in [0.15, 0.2) is 72.8 Å². The topological polar surface area (TPSA) is 56.8 Å². The van der Waals surface area contributed by atoms with E-state index in [9.17, 15) is 4.79 Å².